The minimum Gasteiger partial charge on any atom is -0.336 e. The summed E-state index contributed by atoms with van der Waals surface area (Å²) >= 11 is 0. The van der Waals surface area contributed by atoms with Gasteiger partial charge in [0.05, 0.1) is 0 Å². The Kier molecular flexibility index (Phi) is 5.62. The van der Waals surface area contributed by atoms with E-state index in [-0.39, 0.29) is 11.6 Å². The SMILES string of the molecule is CN(C)C1(CNC(=O)Nc2ccccc2)CCCCCC1. The van der Waals surface area contributed by atoms with Gasteiger partial charge in [-0.3, -0.25) is 0 Å². The quantitative estimate of drug-likeness (QED) is 0.834. The van der Waals surface area contributed by atoms with Crippen molar-refractivity contribution in [3.05, 3.63) is 30.3 Å². The number of nitrogens with zero attached hydrogens (tertiary/aromatic N) is 1. The lowest BCUT2D eigenvalue weighted by Gasteiger charge is -2.39. The molecule has 4 nitrogen and oxygen atoms in total. The van der Waals surface area contributed by atoms with Gasteiger partial charge in [-0.2, -0.15) is 0 Å². The molecule has 1 aromatic rings. The zero-order valence-electron chi connectivity index (χ0n) is 13.2. The highest BCUT2D eigenvalue weighted by atomic mass is 16.2. The highest BCUT2D eigenvalue weighted by Gasteiger charge is 2.33. The molecule has 21 heavy (non-hydrogen) atoms. The second kappa shape index (κ2) is 7.46. The van der Waals surface area contributed by atoms with Crippen molar-refractivity contribution in [3.63, 3.8) is 0 Å². The smallest absolute Gasteiger partial charge is 0.319 e. The van der Waals surface area contributed by atoms with Gasteiger partial charge < -0.3 is 15.5 Å². The second-order valence-electron chi connectivity index (χ2n) is 6.21. The molecule has 0 aliphatic heterocycles. The third-order valence-electron chi connectivity index (χ3n) is 4.59. The van der Waals surface area contributed by atoms with Gasteiger partial charge in [-0.25, -0.2) is 4.79 Å². The molecule has 1 aliphatic rings. The van der Waals surface area contributed by atoms with Gasteiger partial charge in [0, 0.05) is 17.8 Å². The Morgan fingerprint density at radius 2 is 1.71 bits per heavy atom. The summed E-state index contributed by atoms with van der Waals surface area (Å²) in [5, 5.41) is 5.94. The van der Waals surface area contributed by atoms with E-state index in [1.165, 1.54) is 25.7 Å². The third-order valence-corrected chi connectivity index (χ3v) is 4.59. The Morgan fingerprint density at radius 3 is 2.29 bits per heavy atom. The van der Waals surface area contributed by atoms with E-state index in [9.17, 15) is 4.79 Å². The molecule has 1 aliphatic carbocycles. The van der Waals surface area contributed by atoms with Crippen LogP contribution in [0.15, 0.2) is 30.3 Å². The summed E-state index contributed by atoms with van der Waals surface area (Å²) in [5.41, 5.74) is 0.930. The lowest BCUT2D eigenvalue weighted by molar-refractivity contribution is 0.129. The number of urea groups is 1. The number of rotatable bonds is 4. The molecular weight excluding hydrogens is 262 g/mol. The average molecular weight is 289 g/mol. The molecule has 2 amide bonds. The highest BCUT2D eigenvalue weighted by Crippen LogP contribution is 2.30. The molecule has 0 radical (unpaired) electrons. The van der Waals surface area contributed by atoms with E-state index in [4.69, 9.17) is 0 Å². The molecule has 1 fully saturated rings. The molecule has 0 bridgehead atoms. The Labute approximate surface area is 127 Å². The fraction of sp³-hybridized carbons (Fsp3) is 0.588. The van der Waals surface area contributed by atoms with Crippen molar-refractivity contribution in [1.29, 1.82) is 0 Å². The first-order chi connectivity index (χ1) is 10.1. The summed E-state index contributed by atoms with van der Waals surface area (Å²) < 4.78 is 0. The molecule has 0 spiro atoms. The number of anilines is 1. The zero-order chi connectivity index (χ0) is 15.1. The molecule has 2 N–H and O–H groups in total. The number of hydrogen-bond donors (Lipinski definition) is 2. The van der Waals surface area contributed by atoms with E-state index in [1.54, 1.807) is 0 Å². The monoisotopic (exact) mass is 289 g/mol. The maximum atomic E-state index is 12.1. The molecule has 116 valence electrons. The van der Waals surface area contributed by atoms with E-state index in [0.29, 0.717) is 6.54 Å². The van der Waals surface area contributed by atoms with Gasteiger partial charge in [0.15, 0.2) is 0 Å². The number of hydrogen-bond acceptors (Lipinski definition) is 2. The van der Waals surface area contributed by atoms with Crippen molar-refractivity contribution in [2.24, 2.45) is 0 Å². The molecule has 0 saturated heterocycles. The van der Waals surface area contributed by atoms with Gasteiger partial charge in [0.25, 0.3) is 0 Å². The number of nitrogens with one attached hydrogen (secondary N) is 2. The van der Waals surface area contributed by atoms with Crippen LogP contribution in [0.4, 0.5) is 10.5 Å². The highest BCUT2D eigenvalue weighted by molar-refractivity contribution is 5.89. The van der Waals surface area contributed by atoms with E-state index < -0.39 is 0 Å². The lowest BCUT2D eigenvalue weighted by atomic mass is 9.89. The number of likely N-dealkylation sites (N-methyl/N-ethyl adjacent to an activating group) is 1. The second-order valence-corrected chi connectivity index (χ2v) is 6.21. The first-order valence-corrected chi connectivity index (χ1v) is 7.90. The molecule has 0 unspecified atom stereocenters. The Morgan fingerprint density at radius 1 is 1.10 bits per heavy atom. The van der Waals surface area contributed by atoms with Crippen LogP contribution in [0.1, 0.15) is 38.5 Å². The lowest BCUT2D eigenvalue weighted by Crippen LogP contribution is -2.53. The van der Waals surface area contributed by atoms with E-state index in [0.717, 1.165) is 18.5 Å². The maximum absolute atomic E-state index is 12.1. The standard InChI is InChI=1S/C17H27N3O/c1-20(2)17(12-8-3-4-9-13-17)14-18-16(21)19-15-10-6-5-7-11-15/h5-7,10-11H,3-4,8-9,12-14H2,1-2H3,(H2,18,19,21). The predicted molar refractivity (Wildman–Crippen MR) is 87.6 cm³/mol. The molecule has 1 saturated carbocycles. The van der Waals surface area contributed by atoms with Gasteiger partial charge in [0.2, 0.25) is 0 Å². The zero-order valence-corrected chi connectivity index (χ0v) is 13.2. The fourth-order valence-corrected chi connectivity index (χ4v) is 3.11. The number of carbonyl (C=O) groups excluding carboxylic acids is 1. The number of benzene rings is 1. The van der Waals surface area contributed by atoms with Gasteiger partial charge in [-0.15, -0.1) is 0 Å². The summed E-state index contributed by atoms with van der Waals surface area (Å²) in [6.45, 7) is 0.707. The first kappa shape index (κ1) is 15.8. The van der Waals surface area contributed by atoms with Crippen molar-refractivity contribution < 1.29 is 4.79 Å². The van der Waals surface area contributed by atoms with E-state index in [2.05, 4.69) is 29.6 Å². The minimum atomic E-state index is -0.119. The van der Waals surface area contributed by atoms with Crippen LogP contribution in [0.2, 0.25) is 0 Å². The Bertz CT molecular complexity index is 437. The summed E-state index contributed by atoms with van der Waals surface area (Å²) in [7, 11) is 4.25. The topological polar surface area (TPSA) is 44.4 Å². The van der Waals surface area contributed by atoms with Crippen LogP contribution in [0, 0.1) is 0 Å². The van der Waals surface area contributed by atoms with E-state index >= 15 is 0 Å². The molecule has 4 heteroatoms. The van der Waals surface area contributed by atoms with Crippen molar-refractivity contribution in [1.82, 2.24) is 10.2 Å². The largest absolute Gasteiger partial charge is 0.336 e. The van der Waals surface area contributed by atoms with E-state index in [1.807, 2.05) is 30.3 Å². The molecule has 2 rings (SSSR count). The van der Waals surface area contributed by atoms with Crippen molar-refractivity contribution in [3.8, 4) is 0 Å². The molecule has 0 atom stereocenters. The van der Waals surface area contributed by atoms with Gasteiger partial charge in [-0.1, -0.05) is 43.9 Å². The van der Waals surface area contributed by atoms with Gasteiger partial charge >= 0.3 is 6.03 Å². The minimum absolute atomic E-state index is 0.102. The molecule has 0 aromatic heterocycles. The van der Waals surface area contributed by atoms with Crippen LogP contribution in [-0.4, -0.2) is 37.1 Å². The van der Waals surface area contributed by atoms with Crippen LogP contribution in [0.25, 0.3) is 0 Å². The molecule has 0 heterocycles. The predicted octanol–water partition coefficient (Wildman–Crippen LogP) is 3.46. The van der Waals surface area contributed by atoms with Crippen molar-refractivity contribution in [2.75, 3.05) is 26.0 Å². The Hall–Kier alpha value is -1.55. The van der Waals surface area contributed by atoms with Gasteiger partial charge in [0.1, 0.15) is 0 Å². The normalized spacial score (nSPS) is 18.0. The van der Waals surface area contributed by atoms with Gasteiger partial charge in [-0.05, 0) is 39.1 Å². The van der Waals surface area contributed by atoms with Crippen LogP contribution in [0.5, 0.6) is 0 Å². The fourth-order valence-electron chi connectivity index (χ4n) is 3.11. The van der Waals surface area contributed by atoms with Crippen LogP contribution in [-0.2, 0) is 0 Å². The molecular formula is C17H27N3O. The third kappa shape index (κ3) is 4.46. The number of carbonyl (C=O) groups is 1. The first-order valence-electron chi connectivity index (χ1n) is 7.90. The van der Waals surface area contributed by atoms with Crippen molar-refractivity contribution >= 4 is 11.7 Å². The molecule has 1 aromatic carbocycles. The summed E-state index contributed by atoms with van der Waals surface area (Å²) in [6.07, 6.45) is 7.44. The van der Waals surface area contributed by atoms with Crippen molar-refractivity contribution in [2.45, 2.75) is 44.1 Å². The summed E-state index contributed by atoms with van der Waals surface area (Å²) in [4.78, 5) is 14.4. The van der Waals surface area contributed by atoms with Crippen LogP contribution in [0.3, 0.4) is 0 Å². The number of para-hydroxylation sites is 1. The Balaban J connectivity index is 1.90. The average Bonchev–Trinajstić information content (AvgIpc) is 2.73. The summed E-state index contributed by atoms with van der Waals surface area (Å²) in [5.74, 6) is 0. The van der Waals surface area contributed by atoms with Crippen LogP contribution < -0.4 is 10.6 Å². The summed E-state index contributed by atoms with van der Waals surface area (Å²) in [6, 6.07) is 9.45. The van der Waals surface area contributed by atoms with Crippen LogP contribution >= 0.6 is 0 Å². The number of amides is 2. The maximum Gasteiger partial charge on any atom is 0.319 e.